The van der Waals surface area contributed by atoms with Crippen LogP contribution in [0, 0.1) is 0 Å². The molecular weight excluding hydrogens is 520 g/mol. The smallest absolute Gasteiger partial charge is 0.412 e. The zero-order valence-electron chi connectivity index (χ0n) is 21.7. The number of piperidine rings is 1. The van der Waals surface area contributed by atoms with Crippen LogP contribution < -0.4 is 10.6 Å². The summed E-state index contributed by atoms with van der Waals surface area (Å²) in [5.74, 6) is 0. The standard InChI is InChI=1S/C24H37F6N3OSSi/c1-16(34-36(5,6)22(2,3)4)20(15-33-10-8-7-9-11-33)32-21(35)31-19-13-17(23(25,26)27)12-18(14-19)24(28,29)30/h12-14,16,20H,7-11,15H2,1-6H3,(H2,31,32,35)/t16-,20-/m1/s1. The van der Waals surface area contributed by atoms with Gasteiger partial charge in [-0.2, -0.15) is 26.3 Å². The van der Waals surface area contributed by atoms with E-state index in [1.165, 1.54) is 0 Å². The molecule has 36 heavy (non-hydrogen) atoms. The van der Waals surface area contributed by atoms with Gasteiger partial charge in [0.15, 0.2) is 13.4 Å². The Morgan fingerprint density at radius 3 is 1.92 bits per heavy atom. The van der Waals surface area contributed by atoms with Gasteiger partial charge in [-0.05, 0) is 81.4 Å². The Balaban J connectivity index is 2.25. The molecule has 0 aromatic heterocycles. The Labute approximate surface area is 216 Å². The van der Waals surface area contributed by atoms with Crippen molar-refractivity contribution >= 4 is 31.3 Å². The molecule has 0 unspecified atom stereocenters. The van der Waals surface area contributed by atoms with Crippen LogP contribution in [0.1, 0.15) is 58.1 Å². The lowest BCUT2D eigenvalue weighted by atomic mass is 10.1. The van der Waals surface area contributed by atoms with Crippen molar-refractivity contribution in [2.45, 2.75) is 89.6 Å². The Morgan fingerprint density at radius 2 is 1.47 bits per heavy atom. The number of alkyl halides is 6. The quantitative estimate of drug-likeness (QED) is 0.209. The van der Waals surface area contributed by atoms with E-state index in [4.69, 9.17) is 16.6 Å². The van der Waals surface area contributed by atoms with E-state index in [-0.39, 0.29) is 34.1 Å². The van der Waals surface area contributed by atoms with Crippen LogP contribution >= 0.6 is 12.2 Å². The Kier molecular flexibility index (Phi) is 9.91. The average Bonchev–Trinajstić information content (AvgIpc) is 2.71. The Bertz CT molecular complexity index is 863. The lowest BCUT2D eigenvalue weighted by Crippen LogP contribution is -2.55. The fourth-order valence-corrected chi connectivity index (χ4v) is 5.53. The highest BCUT2D eigenvalue weighted by Gasteiger charge is 2.40. The van der Waals surface area contributed by atoms with E-state index in [0.29, 0.717) is 18.7 Å². The molecule has 0 saturated carbocycles. The normalized spacial score (nSPS) is 18.0. The van der Waals surface area contributed by atoms with Crippen molar-refractivity contribution in [1.29, 1.82) is 0 Å². The maximum atomic E-state index is 13.2. The Hall–Kier alpha value is -1.37. The fourth-order valence-electron chi connectivity index (χ4n) is 3.82. The summed E-state index contributed by atoms with van der Waals surface area (Å²) in [5.41, 5.74) is -3.19. The minimum absolute atomic E-state index is 0.0400. The van der Waals surface area contributed by atoms with Crippen LogP contribution in [0.2, 0.25) is 18.1 Å². The predicted octanol–water partition coefficient (Wildman–Crippen LogP) is 7.28. The van der Waals surface area contributed by atoms with Gasteiger partial charge in [0.05, 0.1) is 23.3 Å². The van der Waals surface area contributed by atoms with Crippen LogP contribution in [0.3, 0.4) is 0 Å². The third-order valence-electron chi connectivity index (χ3n) is 6.92. The van der Waals surface area contributed by atoms with E-state index in [1.807, 2.05) is 6.92 Å². The molecule has 2 atom stereocenters. The van der Waals surface area contributed by atoms with E-state index in [9.17, 15) is 26.3 Å². The van der Waals surface area contributed by atoms with Gasteiger partial charge < -0.3 is 20.0 Å². The summed E-state index contributed by atoms with van der Waals surface area (Å²) >= 11 is 5.34. The van der Waals surface area contributed by atoms with Crippen molar-refractivity contribution in [1.82, 2.24) is 10.2 Å². The summed E-state index contributed by atoms with van der Waals surface area (Å²) in [6.07, 6.45) is -6.87. The van der Waals surface area contributed by atoms with E-state index in [1.54, 1.807) is 0 Å². The number of anilines is 1. The van der Waals surface area contributed by atoms with Crippen LogP contribution in [-0.2, 0) is 16.8 Å². The second kappa shape index (κ2) is 11.6. The molecule has 1 aromatic carbocycles. The lowest BCUT2D eigenvalue weighted by molar-refractivity contribution is -0.143. The van der Waals surface area contributed by atoms with Gasteiger partial charge in [-0.1, -0.05) is 27.2 Å². The number of hydrogen-bond acceptors (Lipinski definition) is 3. The predicted molar refractivity (Wildman–Crippen MR) is 138 cm³/mol. The molecule has 1 aromatic rings. The van der Waals surface area contributed by atoms with Crippen LogP contribution in [0.25, 0.3) is 0 Å². The highest BCUT2D eigenvalue weighted by atomic mass is 32.1. The second-order valence-corrected chi connectivity index (χ2v) is 16.1. The second-order valence-electron chi connectivity index (χ2n) is 10.9. The molecule has 2 rings (SSSR count). The number of likely N-dealkylation sites (tertiary alicyclic amines) is 1. The first-order chi connectivity index (χ1) is 16.3. The van der Waals surface area contributed by atoms with Crippen molar-refractivity contribution in [2.24, 2.45) is 0 Å². The maximum absolute atomic E-state index is 13.2. The maximum Gasteiger partial charge on any atom is 0.416 e. The van der Waals surface area contributed by atoms with Gasteiger partial charge in [-0.15, -0.1) is 0 Å². The zero-order valence-corrected chi connectivity index (χ0v) is 23.5. The van der Waals surface area contributed by atoms with Gasteiger partial charge in [0.2, 0.25) is 0 Å². The number of rotatable bonds is 7. The largest absolute Gasteiger partial charge is 0.416 e. The summed E-state index contributed by atoms with van der Waals surface area (Å²) < 4.78 is 86.0. The first-order valence-electron chi connectivity index (χ1n) is 12.1. The molecular formula is C24H37F6N3OSSi. The number of hydrogen-bond donors (Lipinski definition) is 2. The molecule has 1 aliphatic heterocycles. The Morgan fingerprint density at radius 1 is 0.972 bits per heavy atom. The number of thiocarbonyl (C=S) groups is 1. The molecule has 1 saturated heterocycles. The van der Waals surface area contributed by atoms with E-state index < -0.39 is 31.8 Å². The SMILES string of the molecule is C[C@@H](O[Si](C)(C)C(C)(C)C)[C@@H](CN1CCCCC1)NC(=S)Nc1cc(C(F)(F)F)cc(C(F)(F)F)c1. The van der Waals surface area contributed by atoms with Crippen molar-refractivity contribution in [3.05, 3.63) is 29.3 Å². The van der Waals surface area contributed by atoms with Crippen LogP contribution in [0.5, 0.6) is 0 Å². The molecule has 0 aliphatic carbocycles. The summed E-state index contributed by atoms with van der Waals surface area (Å²) in [6.45, 7) is 15.0. The molecule has 1 heterocycles. The van der Waals surface area contributed by atoms with E-state index in [0.717, 1.165) is 32.4 Å². The molecule has 0 bridgehead atoms. The molecule has 0 spiro atoms. The summed E-state index contributed by atoms with van der Waals surface area (Å²) in [5, 5.41) is 5.56. The van der Waals surface area contributed by atoms with Crippen LogP contribution in [0.4, 0.5) is 32.0 Å². The van der Waals surface area contributed by atoms with Crippen LogP contribution in [0.15, 0.2) is 18.2 Å². The van der Waals surface area contributed by atoms with Crippen molar-refractivity contribution < 1.29 is 30.8 Å². The van der Waals surface area contributed by atoms with Crippen molar-refractivity contribution in [2.75, 3.05) is 25.0 Å². The number of nitrogens with zero attached hydrogens (tertiary/aromatic N) is 1. The van der Waals surface area contributed by atoms with Gasteiger partial charge in [-0.25, -0.2) is 0 Å². The first-order valence-corrected chi connectivity index (χ1v) is 15.4. The van der Waals surface area contributed by atoms with Gasteiger partial charge >= 0.3 is 12.4 Å². The molecule has 1 aliphatic rings. The monoisotopic (exact) mass is 557 g/mol. The minimum Gasteiger partial charge on any atom is -0.412 e. The lowest BCUT2D eigenvalue weighted by Gasteiger charge is -2.42. The number of benzene rings is 1. The fraction of sp³-hybridized carbons (Fsp3) is 0.708. The first kappa shape index (κ1) is 30.8. The van der Waals surface area contributed by atoms with E-state index >= 15 is 0 Å². The van der Waals surface area contributed by atoms with Gasteiger partial charge in [0, 0.05) is 12.2 Å². The minimum atomic E-state index is -4.94. The molecule has 206 valence electrons. The topological polar surface area (TPSA) is 36.5 Å². The highest BCUT2D eigenvalue weighted by molar-refractivity contribution is 7.80. The highest BCUT2D eigenvalue weighted by Crippen LogP contribution is 2.39. The zero-order chi connectivity index (χ0) is 27.5. The molecule has 1 fully saturated rings. The van der Waals surface area contributed by atoms with E-state index in [2.05, 4.69) is 49.4 Å². The van der Waals surface area contributed by atoms with Crippen molar-refractivity contribution in [3.8, 4) is 0 Å². The molecule has 4 nitrogen and oxygen atoms in total. The van der Waals surface area contributed by atoms with Gasteiger partial charge in [0.25, 0.3) is 0 Å². The molecule has 0 radical (unpaired) electrons. The molecule has 12 heteroatoms. The molecule has 2 N–H and O–H groups in total. The molecule has 0 amide bonds. The number of nitrogens with one attached hydrogen (secondary N) is 2. The van der Waals surface area contributed by atoms with Gasteiger partial charge in [0.1, 0.15) is 0 Å². The van der Waals surface area contributed by atoms with Crippen molar-refractivity contribution in [3.63, 3.8) is 0 Å². The van der Waals surface area contributed by atoms with Crippen LogP contribution in [-0.4, -0.2) is 50.1 Å². The average molecular weight is 558 g/mol. The third kappa shape index (κ3) is 8.88. The summed E-state index contributed by atoms with van der Waals surface area (Å²) in [6, 6.07) is 1.03. The third-order valence-corrected chi connectivity index (χ3v) is 11.7. The number of halogens is 6. The van der Waals surface area contributed by atoms with Gasteiger partial charge in [-0.3, -0.25) is 0 Å². The summed E-state index contributed by atoms with van der Waals surface area (Å²) in [4.78, 5) is 2.28. The summed E-state index contributed by atoms with van der Waals surface area (Å²) in [7, 11) is -2.15.